The highest BCUT2D eigenvalue weighted by molar-refractivity contribution is 8.01. The summed E-state index contributed by atoms with van der Waals surface area (Å²) in [4.78, 5) is 42.8. The van der Waals surface area contributed by atoms with E-state index in [9.17, 15) is 19.5 Å². The Morgan fingerprint density at radius 2 is 1.85 bits per heavy atom. The Labute approximate surface area is 231 Å². The van der Waals surface area contributed by atoms with E-state index in [1.807, 2.05) is 68.4 Å². The minimum atomic E-state index is -1.56. The molecule has 3 aromatic rings. The summed E-state index contributed by atoms with van der Waals surface area (Å²) < 4.78 is 5.13. The zero-order valence-corrected chi connectivity index (χ0v) is 23.2. The predicted octanol–water partition coefficient (Wildman–Crippen LogP) is 2.96. The lowest BCUT2D eigenvalue weighted by atomic mass is 9.91. The van der Waals surface area contributed by atoms with Crippen LogP contribution in [0.1, 0.15) is 45.4 Å². The van der Waals surface area contributed by atoms with Crippen LogP contribution in [0, 0.1) is 20.8 Å². The van der Waals surface area contributed by atoms with Crippen molar-refractivity contribution in [3.05, 3.63) is 88.3 Å². The molecular formula is C29H32N4O5S. The third kappa shape index (κ3) is 4.83. The zero-order chi connectivity index (χ0) is 27.9. The molecule has 0 bridgehead atoms. The molecule has 2 saturated heterocycles. The SMILES string of the molecule is Cc1ccccc1CN1C(=O)[C@H]2N(C(=O)[C@@H](O)[C@H](Cc3ccccc3)NC(=O)c3c(C)noc3C)CSC21C. The van der Waals surface area contributed by atoms with Gasteiger partial charge in [-0.15, -0.1) is 11.8 Å². The van der Waals surface area contributed by atoms with Gasteiger partial charge >= 0.3 is 0 Å². The minimum Gasteiger partial charge on any atom is -0.381 e. The van der Waals surface area contributed by atoms with Gasteiger partial charge in [-0.05, 0) is 50.8 Å². The summed E-state index contributed by atoms with van der Waals surface area (Å²) >= 11 is 1.51. The molecule has 204 valence electrons. The molecule has 5 rings (SSSR count). The zero-order valence-electron chi connectivity index (χ0n) is 22.4. The van der Waals surface area contributed by atoms with Gasteiger partial charge in [-0.3, -0.25) is 14.4 Å². The van der Waals surface area contributed by atoms with E-state index < -0.39 is 34.9 Å². The van der Waals surface area contributed by atoms with Gasteiger partial charge in [-0.2, -0.15) is 0 Å². The molecule has 2 aromatic carbocycles. The van der Waals surface area contributed by atoms with Crippen molar-refractivity contribution < 1.29 is 24.0 Å². The summed E-state index contributed by atoms with van der Waals surface area (Å²) in [5.41, 5.74) is 3.70. The second-order valence-corrected chi connectivity index (χ2v) is 11.7. The fraction of sp³-hybridized carbons (Fsp3) is 0.379. The van der Waals surface area contributed by atoms with E-state index in [-0.39, 0.29) is 23.8 Å². The van der Waals surface area contributed by atoms with E-state index in [1.54, 1.807) is 18.7 Å². The normalized spacial score (nSPS) is 21.8. The average Bonchev–Trinajstić information content (AvgIpc) is 3.43. The largest absolute Gasteiger partial charge is 0.381 e. The average molecular weight is 549 g/mol. The monoisotopic (exact) mass is 548 g/mol. The van der Waals surface area contributed by atoms with Crippen molar-refractivity contribution in [1.29, 1.82) is 0 Å². The summed E-state index contributed by atoms with van der Waals surface area (Å²) in [6, 6.07) is 15.6. The maximum Gasteiger partial charge on any atom is 0.257 e. The quantitative estimate of drug-likeness (QED) is 0.416. The molecule has 0 aliphatic carbocycles. The van der Waals surface area contributed by atoms with Gasteiger partial charge < -0.3 is 24.7 Å². The number of rotatable bonds is 8. The molecule has 0 saturated carbocycles. The van der Waals surface area contributed by atoms with E-state index in [0.717, 1.165) is 16.7 Å². The molecule has 2 aliphatic rings. The number of carbonyl (C=O) groups is 3. The van der Waals surface area contributed by atoms with Crippen molar-refractivity contribution >= 4 is 29.5 Å². The van der Waals surface area contributed by atoms with Crippen molar-refractivity contribution in [2.45, 2.75) is 63.7 Å². The Hall–Kier alpha value is -3.63. The van der Waals surface area contributed by atoms with Crippen molar-refractivity contribution in [3.8, 4) is 0 Å². The first-order valence-corrected chi connectivity index (χ1v) is 13.9. The number of aliphatic hydroxyl groups excluding tert-OH is 1. The lowest BCUT2D eigenvalue weighted by Gasteiger charge is -2.53. The van der Waals surface area contributed by atoms with Gasteiger partial charge in [-0.25, -0.2) is 0 Å². The fourth-order valence-corrected chi connectivity index (χ4v) is 6.79. The summed E-state index contributed by atoms with van der Waals surface area (Å²) in [7, 11) is 0. The first-order chi connectivity index (χ1) is 18.6. The Bertz CT molecular complexity index is 1390. The number of nitrogens with zero attached hydrogens (tertiary/aromatic N) is 3. The van der Waals surface area contributed by atoms with Crippen LogP contribution in [0.2, 0.25) is 0 Å². The maximum absolute atomic E-state index is 13.7. The number of fused-ring (bicyclic) bond motifs is 1. The topological polar surface area (TPSA) is 116 Å². The summed E-state index contributed by atoms with van der Waals surface area (Å²) in [6.07, 6.45) is -1.34. The first kappa shape index (κ1) is 27.0. The Morgan fingerprint density at radius 1 is 1.15 bits per heavy atom. The molecule has 0 spiro atoms. The molecule has 2 N–H and O–H groups in total. The van der Waals surface area contributed by atoms with Gasteiger partial charge in [0.1, 0.15) is 22.2 Å². The molecule has 9 nitrogen and oxygen atoms in total. The van der Waals surface area contributed by atoms with E-state index in [1.165, 1.54) is 16.7 Å². The lowest BCUT2D eigenvalue weighted by molar-refractivity contribution is -0.168. The molecule has 3 heterocycles. The Balaban J connectivity index is 1.35. The second-order valence-electron chi connectivity index (χ2n) is 10.3. The molecule has 1 aromatic heterocycles. The molecule has 3 amide bonds. The third-order valence-electron chi connectivity index (χ3n) is 7.73. The number of β-lactam (4-membered cyclic amide) rings is 1. The molecule has 2 aliphatic heterocycles. The first-order valence-electron chi connectivity index (χ1n) is 12.9. The van der Waals surface area contributed by atoms with E-state index in [2.05, 4.69) is 10.5 Å². The van der Waals surface area contributed by atoms with Crippen LogP contribution >= 0.6 is 11.8 Å². The molecule has 2 fully saturated rings. The number of benzene rings is 2. The number of likely N-dealkylation sites (tertiary alicyclic amines) is 1. The smallest absolute Gasteiger partial charge is 0.257 e. The van der Waals surface area contributed by atoms with Crippen LogP contribution in [0.3, 0.4) is 0 Å². The second kappa shape index (κ2) is 10.5. The highest BCUT2D eigenvalue weighted by Gasteiger charge is 2.65. The van der Waals surface area contributed by atoms with Gasteiger partial charge in [0, 0.05) is 6.54 Å². The Kier molecular flexibility index (Phi) is 7.26. The number of amides is 3. The highest BCUT2D eigenvalue weighted by atomic mass is 32.2. The van der Waals surface area contributed by atoms with Crippen LogP contribution < -0.4 is 5.32 Å². The van der Waals surface area contributed by atoms with Crippen molar-refractivity contribution in [2.75, 3.05) is 5.88 Å². The van der Waals surface area contributed by atoms with E-state index >= 15 is 0 Å². The van der Waals surface area contributed by atoms with E-state index in [0.29, 0.717) is 18.0 Å². The van der Waals surface area contributed by atoms with Crippen LogP contribution in [0.15, 0.2) is 59.1 Å². The lowest BCUT2D eigenvalue weighted by Crippen LogP contribution is -2.73. The van der Waals surface area contributed by atoms with Crippen LogP contribution in [-0.4, -0.2) is 66.7 Å². The maximum atomic E-state index is 13.7. The Morgan fingerprint density at radius 3 is 2.51 bits per heavy atom. The third-order valence-corrected chi connectivity index (χ3v) is 9.17. The number of thioether (sulfide) groups is 1. The molecule has 0 radical (unpaired) electrons. The number of nitrogens with one attached hydrogen (secondary N) is 1. The highest BCUT2D eigenvalue weighted by Crippen LogP contribution is 2.51. The van der Waals surface area contributed by atoms with Crippen molar-refractivity contribution in [1.82, 2.24) is 20.3 Å². The van der Waals surface area contributed by atoms with Crippen molar-refractivity contribution in [3.63, 3.8) is 0 Å². The van der Waals surface area contributed by atoms with Crippen molar-refractivity contribution in [2.24, 2.45) is 0 Å². The van der Waals surface area contributed by atoms with Gasteiger partial charge in [0.05, 0.1) is 17.6 Å². The standard InChI is InChI=1S/C29H32N4O5S/c1-17-10-8-9-13-21(17)15-33-28(37)25-29(33,4)39-16-32(25)27(36)24(34)22(14-20-11-6-5-7-12-20)30-26(35)23-18(2)31-38-19(23)3/h5-13,22,24-25,34H,14-16H2,1-4H3,(H,30,35)/t22-,24-,25+,29?/m0/s1. The van der Waals surface area contributed by atoms with Gasteiger partial charge in [0.2, 0.25) is 5.91 Å². The van der Waals surface area contributed by atoms with Gasteiger partial charge in [-0.1, -0.05) is 59.8 Å². The van der Waals surface area contributed by atoms with Crippen LogP contribution in [0.4, 0.5) is 0 Å². The number of hydrogen-bond acceptors (Lipinski definition) is 7. The van der Waals surface area contributed by atoms with E-state index in [4.69, 9.17) is 4.52 Å². The van der Waals surface area contributed by atoms with Crippen LogP contribution in [0.5, 0.6) is 0 Å². The van der Waals surface area contributed by atoms with Crippen LogP contribution in [-0.2, 0) is 22.6 Å². The van der Waals surface area contributed by atoms with Gasteiger partial charge in [0.15, 0.2) is 6.10 Å². The summed E-state index contributed by atoms with van der Waals surface area (Å²) in [6.45, 7) is 7.72. The molecule has 4 atom stereocenters. The number of aliphatic hydroxyl groups is 1. The minimum absolute atomic E-state index is 0.148. The van der Waals surface area contributed by atoms with Crippen LogP contribution in [0.25, 0.3) is 0 Å². The molecule has 10 heteroatoms. The number of hydrogen-bond donors (Lipinski definition) is 2. The number of aromatic nitrogens is 1. The molecule has 1 unspecified atom stereocenters. The molecular weight excluding hydrogens is 516 g/mol. The summed E-state index contributed by atoms with van der Waals surface area (Å²) in [5, 5.41) is 18.0. The summed E-state index contributed by atoms with van der Waals surface area (Å²) in [5.74, 6) is -0.595. The number of aryl methyl sites for hydroxylation is 3. The number of carbonyl (C=O) groups excluding carboxylic acids is 3. The molecule has 39 heavy (non-hydrogen) atoms. The fourth-order valence-electron chi connectivity index (χ4n) is 5.41. The predicted molar refractivity (Wildman–Crippen MR) is 147 cm³/mol. The van der Waals surface area contributed by atoms with Gasteiger partial charge in [0.25, 0.3) is 11.8 Å².